The second-order valence-electron chi connectivity index (χ2n) is 19.7. The van der Waals surface area contributed by atoms with E-state index >= 15 is 0 Å². The van der Waals surface area contributed by atoms with E-state index in [1.54, 1.807) is 0 Å². The molecule has 0 amide bonds. The van der Waals surface area contributed by atoms with Gasteiger partial charge in [-0.2, -0.15) is 0 Å². The van der Waals surface area contributed by atoms with Crippen LogP contribution in [0.5, 0.6) is 0 Å². The van der Waals surface area contributed by atoms with E-state index in [1.807, 2.05) is 18.6 Å². The van der Waals surface area contributed by atoms with Crippen molar-refractivity contribution in [3.8, 4) is 11.1 Å². The molecule has 3 heterocycles. The van der Waals surface area contributed by atoms with Crippen LogP contribution < -0.4 is 14.7 Å². The Morgan fingerprint density at radius 2 is 0.676 bits per heavy atom. The zero-order chi connectivity index (χ0) is 49.3. The van der Waals surface area contributed by atoms with Crippen LogP contribution in [-0.2, 0) is 5.41 Å². The van der Waals surface area contributed by atoms with Crippen LogP contribution in [0.4, 0.5) is 51.6 Å². The minimum absolute atomic E-state index is 0.281. The largest absolute Gasteiger partial charge is 0.295 e. The van der Waals surface area contributed by atoms with E-state index < -0.39 is 0 Å². The normalized spacial score (nSPS) is 12.6. The zero-order valence-corrected chi connectivity index (χ0v) is 40.9. The van der Waals surface area contributed by atoms with Gasteiger partial charge in [-0.15, -0.1) is 0 Å². The maximum absolute atomic E-state index is 5.35. The molecule has 0 aliphatic heterocycles. The number of fused-ring (bicyclic) bond motifs is 8. The Hall–Kier alpha value is -9.65. The fourth-order valence-electron chi connectivity index (χ4n) is 11.5. The maximum atomic E-state index is 5.35. The van der Waals surface area contributed by atoms with Gasteiger partial charge < -0.3 is 0 Å². The Morgan fingerprint density at radius 3 is 1.19 bits per heavy atom. The molecule has 1 aliphatic rings. The van der Waals surface area contributed by atoms with Crippen LogP contribution in [0.15, 0.2) is 255 Å². The van der Waals surface area contributed by atoms with Crippen LogP contribution in [0, 0.1) is 0 Å². The van der Waals surface area contributed by atoms with Crippen LogP contribution in [0.3, 0.4) is 0 Å². The van der Waals surface area contributed by atoms with Crippen LogP contribution >= 0.6 is 0 Å². The van der Waals surface area contributed by atoms with Gasteiger partial charge in [-0.05, 0) is 117 Å². The molecule has 0 N–H and O–H groups in total. The monoisotopic (exact) mass is 948 g/mol. The smallest absolute Gasteiger partial charge is 0.138 e. The number of nitrogens with zero attached hydrogens (tertiary/aromatic N) is 6. The lowest BCUT2D eigenvalue weighted by molar-refractivity contribution is 0.661. The molecule has 1 aliphatic carbocycles. The highest BCUT2D eigenvalue weighted by Crippen LogP contribution is 2.57. The van der Waals surface area contributed by atoms with Gasteiger partial charge >= 0.3 is 0 Å². The Morgan fingerprint density at radius 1 is 0.284 bits per heavy atom. The summed E-state index contributed by atoms with van der Waals surface area (Å²) in [6.07, 6.45) is 5.99. The molecule has 6 heteroatoms. The third kappa shape index (κ3) is 7.06. The molecule has 0 radical (unpaired) electrons. The van der Waals surface area contributed by atoms with Crippen LogP contribution in [0.1, 0.15) is 25.0 Å². The highest BCUT2D eigenvalue weighted by atomic mass is 15.2. The van der Waals surface area contributed by atoms with Crippen molar-refractivity contribution in [1.29, 1.82) is 0 Å². The molecule has 0 saturated heterocycles. The van der Waals surface area contributed by atoms with Gasteiger partial charge in [0.2, 0.25) is 0 Å². The summed E-state index contributed by atoms with van der Waals surface area (Å²) >= 11 is 0. The van der Waals surface area contributed by atoms with Crippen molar-refractivity contribution in [3.63, 3.8) is 0 Å². The van der Waals surface area contributed by atoms with E-state index in [0.29, 0.717) is 0 Å². The minimum Gasteiger partial charge on any atom is -0.295 e. The first-order valence-electron chi connectivity index (χ1n) is 25.2. The van der Waals surface area contributed by atoms with Crippen molar-refractivity contribution in [3.05, 3.63) is 266 Å². The van der Waals surface area contributed by atoms with Gasteiger partial charge in [0, 0.05) is 84.5 Å². The van der Waals surface area contributed by atoms with E-state index in [9.17, 15) is 0 Å². The number of aromatic nitrogens is 3. The minimum atomic E-state index is -0.281. The fourth-order valence-corrected chi connectivity index (χ4v) is 11.5. The lowest BCUT2D eigenvalue weighted by atomic mass is 9.81. The molecule has 0 fully saturated rings. The van der Waals surface area contributed by atoms with Crippen molar-refractivity contribution in [2.24, 2.45) is 0 Å². The first kappa shape index (κ1) is 43.2. The van der Waals surface area contributed by atoms with E-state index in [1.165, 1.54) is 22.3 Å². The number of anilines is 9. The quantitative estimate of drug-likeness (QED) is 0.106. The van der Waals surface area contributed by atoms with Crippen molar-refractivity contribution in [2.75, 3.05) is 14.7 Å². The molecule has 0 atom stereocenters. The molecule has 74 heavy (non-hydrogen) atoms. The number of rotatable bonds is 9. The van der Waals surface area contributed by atoms with Crippen molar-refractivity contribution < 1.29 is 0 Å². The summed E-state index contributed by atoms with van der Waals surface area (Å²) in [5.74, 6) is 2.44. The average molecular weight is 949 g/mol. The van der Waals surface area contributed by atoms with Crippen molar-refractivity contribution in [2.45, 2.75) is 19.3 Å². The standard InChI is InChI=1S/C68H48N6/c1-68(2)61-33-19-18-32-55(61)57-40-59-60(41-62(57)68)66(73(52-28-8-4-9-29-52)64-37-46-21-13-16-24-49(46)43-70-64)56-35-34-54(72(51-26-6-3-7-27-51)63-36-45-20-12-15-23-48(45)42-69-63)39-58(56)67(59)74(53-30-10-5-11-31-53)65-38-47-22-14-17-25-50(47)44-71-65/h3-44H,1-2H3. The molecular formula is C68H48N6. The maximum Gasteiger partial charge on any atom is 0.138 e. The number of hydrogen-bond donors (Lipinski definition) is 0. The summed E-state index contributed by atoms with van der Waals surface area (Å²) in [4.78, 5) is 22.9. The molecule has 0 unspecified atom stereocenters. The summed E-state index contributed by atoms with van der Waals surface area (Å²) in [6.45, 7) is 4.73. The van der Waals surface area contributed by atoms with E-state index in [0.717, 1.165) is 105 Å². The highest BCUT2D eigenvalue weighted by molar-refractivity contribution is 6.25. The second kappa shape index (κ2) is 17.3. The van der Waals surface area contributed by atoms with Gasteiger partial charge in [0.05, 0.1) is 11.4 Å². The summed E-state index contributed by atoms with van der Waals surface area (Å²) in [6, 6.07) is 84.9. The third-order valence-electron chi connectivity index (χ3n) is 15.0. The molecule has 6 nitrogen and oxygen atoms in total. The lowest BCUT2D eigenvalue weighted by Crippen LogP contribution is -2.18. The zero-order valence-electron chi connectivity index (χ0n) is 40.9. The Bertz CT molecular complexity index is 4310. The molecule has 14 rings (SSSR count). The first-order chi connectivity index (χ1) is 36.5. The number of para-hydroxylation sites is 3. The van der Waals surface area contributed by atoms with Crippen molar-refractivity contribution >= 4 is 105 Å². The van der Waals surface area contributed by atoms with Crippen LogP contribution in [0.2, 0.25) is 0 Å². The predicted molar refractivity (Wildman–Crippen MR) is 309 cm³/mol. The van der Waals surface area contributed by atoms with Crippen LogP contribution in [0.25, 0.3) is 65.0 Å². The predicted octanol–water partition coefficient (Wildman–Crippen LogP) is 18.4. The van der Waals surface area contributed by atoms with Crippen molar-refractivity contribution in [1.82, 2.24) is 15.0 Å². The van der Waals surface area contributed by atoms with E-state index in [2.05, 4.69) is 265 Å². The molecule has 13 aromatic rings. The summed E-state index contributed by atoms with van der Waals surface area (Å²) < 4.78 is 0. The van der Waals surface area contributed by atoms with Crippen LogP contribution in [-0.4, -0.2) is 15.0 Å². The summed E-state index contributed by atoms with van der Waals surface area (Å²) in [7, 11) is 0. The second-order valence-corrected chi connectivity index (χ2v) is 19.7. The molecule has 0 bridgehead atoms. The Kier molecular flexibility index (Phi) is 10.1. The summed E-state index contributed by atoms with van der Waals surface area (Å²) in [5, 5.41) is 10.8. The molecule has 0 saturated carbocycles. The lowest BCUT2D eigenvalue weighted by Gasteiger charge is -2.33. The number of hydrogen-bond acceptors (Lipinski definition) is 6. The van der Waals surface area contributed by atoms with Gasteiger partial charge in [-0.1, -0.05) is 172 Å². The SMILES string of the molecule is CC1(C)c2ccccc2-c2cc3c(N(c4ccccc4)c4cc5ccccc5cn4)c4cc(N(c5ccccc5)c5cc6ccccc6cn5)ccc4c(N(c4ccccc4)c4cc5ccccc5cn4)c3cc21. The van der Waals surface area contributed by atoms with Gasteiger partial charge in [0.15, 0.2) is 0 Å². The highest BCUT2D eigenvalue weighted by Gasteiger charge is 2.37. The first-order valence-corrected chi connectivity index (χ1v) is 25.2. The van der Waals surface area contributed by atoms with Gasteiger partial charge in [0.25, 0.3) is 0 Å². The number of pyridine rings is 3. The van der Waals surface area contributed by atoms with Gasteiger partial charge in [0.1, 0.15) is 17.5 Å². The average Bonchev–Trinajstić information content (AvgIpc) is 3.77. The molecule has 10 aromatic carbocycles. The fraction of sp³-hybridized carbons (Fsp3) is 0.0441. The molecular weight excluding hydrogens is 901 g/mol. The van der Waals surface area contributed by atoms with E-state index in [4.69, 9.17) is 15.0 Å². The van der Waals surface area contributed by atoms with Gasteiger partial charge in [-0.3, -0.25) is 14.7 Å². The molecule has 350 valence electrons. The Balaban J connectivity index is 1.17. The summed E-state index contributed by atoms with van der Waals surface area (Å²) in [5.41, 5.74) is 10.8. The molecule has 3 aromatic heterocycles. The topological polar surface area (TPSA) is 48.4 Å². The van der Waals surface area contributed by atoms with E-state index in [-0.39, 0.29) is 5.41 Å². The molecule has 0 spiro atoms. The third-order valence-corrected chi connectivity index (χ3v) is 15.0. The number of benzene rings is 10. The van der Waals surface area contributed by atoms with Gasteiger partial charge in [-0.25, -0.2) is 15.0 Å². The Labute approximate surface area is 429 Å².